The van der Waals surface area contributed by atoms with Crippen LogP contribution in [0.2, 0.25) is 0 Å². The van der Waals surface area contributed by atoms with Gasteiger partial charge in [0.25, 0.3) is 15.9 Å². The largest absolute Gasteiger partial charge is 0.629 e. The predicted molar refractivity (Wildman–Crippen MR) is 301 cm³/mol. The van der Waals surface area contributed by atoms with E-state index in [2.05, 4.69) is 82.5 Å². The van der Waals surface area contributed by atoms with Crippen LogP contribution in [-0.4, -0.2) is 109 Å². The average Bonchev–Trinajstić information content (AvgIpc) is 3.77. The minimum atomic E-state index is -4.69. The number of amides is 1. The number of quaternary nitrogens is 1. The number of carbonyl (C=O) groups excluding carboxylic acids is 1. The van der Waals surface area contributed by atoms with Gasteiger partial charge in [-0.1, -0.05) is 56.3 Å². The number of rotatable bonds is 17. The number of nitrogens with zero attached hydrogens (tertiary/aromatic N) is 5. The number of H-pyrrole nitrogens is 1. The molecule has 6 aromatic rings. The number of fused-ring (bicyclic) bond motifs is 2. The number of pyridine rings is 1. The van der Waals surface area contributed by atoms with Gasteiger partial charge >= 0.3 is 6.61 Å². The molecule has 80 heavy (non-hydrogen) atoms. The maximum atomic E-state index is 14.9. The molecule has 3 aliphatic carbocycles. The van der Waals surface area contributed by atoms with E-state index in [1.165, 1.54) is 42.7 Å². The van der Waals surface area contributed by atoms with Crippen LogP contribution in [0.5, 0.6) is 17.4 Å². The van der Waals surface area contributed by atoms with E-state index < -0.39 is 39.0 Å². The van der Waals surface area contributed by atoms with Gasteiger partial charge in [-0.25, -0.2) is 27.5 Å². The molecule has 2 atom stereocenters. The minimum absolute atomic E-state index is 0.0248. The van der Waals surface area contributed by atoms with Crippen molar-refractivity contribution < 1.29 is 46.0 Å². The summed E-state index contributed by atoms with van der Waals surface area (Å²) >= 11 is 0. The molecule has 0 radical (unpaired) electrons. The molecule has 424 valence electrons. The maximum absolute atomic E-state index is 14.9. The first-order valence-electron chi connectivity index (χ1n) is 27.9. The first kappa shape index (κ1) is 55.4. The highest BCUT2D eigenvalue weighted by molar-refractivity contribution is 7.90. The molecule has 11 rings (SSSR count). The molecule has 4 heterocycles. The summed E-state index contributed by atoms with van der Waals surface area (Å²) in [6, 6.07) is 25.8. The molecule has 2 saturated carbocycles. The zero-order chi connectivity index (χ0) is 56.1. The van der Waals surface area contributed by atoms with E-state index in [0.717, 1.165) is 82.5 Å². The van der Waals surface area contributed by atoms with Crippen LogP contribution in [0.15, 0.2) is 102 Å². The number of sulfonamides is 1. The Bertz CT molecular complexity index is 3380. The van der Waals surface area contributed by atoms with Crippen LogP contribution in [0, 0.1) is 16.5 Å². The summed E-state index contributed by atoms with van der Waals surface area (Å²) in [6.07, 6.45) is 10.0. The molecular formula is C60H70F3N9O7S. The molecule has 1 amide bonds. The van der Waals surface area contributed by atoms with Gasteiger partial charge in [-0.15, -0.1) is 0 Å². The number of anilines is 2. The second-order valence-corrected chi connectivity index (χ2v) is 24.9. The zero-order valence-corrected chi connectivity index (χ0v) is 46.4. The number of aliphatic hydroxyl groups is 1. The van der Waals surface area contributed by atoms with Crippen molar-refractivity contribution in [3.05, 3.63) is 136 Å². The number of piperazine rings is 1. The lowest BCUT2D eigenvalue weighted by Crippen LogP contribution is -2.98. The molecular weight excluding hydrogens is 1050 g/mol. The number of alkyl halides is 2. The quantitative estimate of drug-likeness (QED) is 0.0543. The Morgan fingerprint density at radius 3 is 2.45 bits per heavy atom. The van der Waals surface area contributed by atoms with Crippen LogP contribution in [0.1, 0.15) is 122 Å². The van der Waals surface area contributed by atoms with Gasteiger partial charge in [-0.3, -0.25) is 14.6 Å². The maximum Gasteiger partial charge on any atom is 0.387 e. The third-order valence-electron chi connectivity index (χ3n) is 17.5. The molecule has 1 unspecified atom stereocenters. The Labute approximate surface area is 465 Å². The molecule has 2 aromatic heterocycles. The summed E-state index contributed by atoms with van der Waals surface area (Å²) < 4.78 is 82.6. The topological polar surface area (TPSA) is 193 Å². The second kappa shape index (κ2) is 22.4. The summed E-state index contributed by atoms with van der Waals surface area (Å²) in [7, 11) is -3.34. The van der Waals surface area contributed by atoms with Crippen molar-refractivity contribution in [2.75, 3.05) is 56.5 Å². The van der Waals surface area contributed by atoms with Gasteiger partial charge in [0.1, 0.15) is 39.1 Å². The first-order valence-corrected chi connectivity index (χ1v) is 29.4. The Balaban J connectivity index is 0.801. The van der Waals surface area contributed by atoms with Crippen LogP contribution < -0.4 is 29.5 Å². The Hall–Kier alpha value is -6.55. The van der Waals surface area contributed by atoms with E-state index in [1.54, 1.807) is 36.4 Å². The molecule has 5 N–H and O–H groups in total. The number of allylic oxidation sites excluding steroid dienone is 1. The second-order valence-electron chi connectivity index (χ2n) is 23.3. The van der Waals surface area contributed by atoms with Crippen molar-refractivity contribution in [2.24, 2.45) is 11.3 Å². The van der Waals surface area contributed by atoms with E-state index in [1.807, 2.05) is 19.1 Å². The van der Waals surface area contributed by atoms with Crippen molar-refractivity contribution in [2.45, 2.75) is 120 Å². The van der Waals surface area contributed by atoms with Crippen molar-refractivity contribution in [1.29, 1.82) is 0 Å². The Morgan fingerprint density at radius 1 is 0.975 bits per heavy atom. The van der Waals surface area contributed by atoms with Gasteiger partial charge in [-0.05, 0) is 135 Å². The lowest BCUT2D eigenvalue weighted by molar-refractivity contribution is -0.750. The number of hydrogen-bond acceptors (Lipinski definition) is 13. The standard InChI is InChI=1S/C60H70F3N9O7S/c1-37(2)44-7-5-6-8-45(44)49-35-70(34-39-9-14-43(15-10-39)78-58(62)63)27-28-72(49)42-31-60(32-42)23-25-71(26-24-60)41-13-16-46(50(29-41)79-52-18-12-40-11-17-47(61)53(40)67-52)57(73)68-80(76,77)51-30-48(69(4)75)54(56-55(51)65-36-66-56)64-33-38-19-21-59(3,74)22-20-38/h5-10,12-18,29-30,36-38,42,49,58,64,69,74H,11,19-28,31-35H2,1-4H3,(H,65,66)(H,68,73)/t38-,49-,59-/m0/s1. The summed E-state index contributed by atoms with van der Waals surface area (Å²) in [5.74, 6) is -0.709. The van der Waals surface area contributed by atoms with Gasteiger partial charge in [0.05, 0.1) is 30.1 Å². The highest BCUT2D eigenvalue weighted by atomic mass is 32.2. The number of imidazole rings is 1. The summed E-state index contributed by atoms with van der Waals surface area (Å²) in [5.41, 5.74) is 5.50. The Morgan fingerprint density at radius 2 is 1.73 bits per heavy atom. The number of hydroxylamine groups is 1. The number of aromatic nitrogens is 3. The number of carbonyl (C=O) groups is 1. The molecule has 5 aliphatic rings. The third kappa shape index (κ3) is 11.7. The lowest BCUT2D eigenvalue weighted by atomic mass is 9.59. The number of benzene rings is 4. The molecule has 1 spiro atoms. The van der Waals surface area contributed by atoms with Gasteiger partial charge in [-0.2, -0.15) is 8.78 Å². The van der Waals surface area contributed by atoms with Gasteiger partial charge in [0.2, 0.25) is 5.88 Å². The molecule has 4 fully saturated rings. The molecule has 0 bridgehead atoms. The van der Waals surface area contributed by atoms with E-state index in [-0.39, 0.29) is 62.1 Å². The molecule has 16 nitrogen and oxygen atoms in total. The fourth-order valence-corrected chi connectivity index (χ4v) is 14.1. The summed E-state index contributed by atoms with van der Waals surface area (Å²) in [6.45, 7) is 8.70. The molecule has 20 heteroatoms. The number of halogens is 3. The fraction of sp³-hybridized carbons (Fsp3) is 0.450. The average molecular weight is 1120 g/mol. The van der Waals surface area contributed by atoms with Crippen molar-refractivity contribution in [3.63, 3.8) is 0 Å². The van der Waals surface area contributed by atoms with E-state index in [9.17, 15) is 36.7 Å². The number of hydrogen-bond donors (Lipinski definition) is 5. The minimum Gasteiger partial charge on any atom is -0.629 e. The van der Waals surface area contributed by atoms with Crippen LogP contribution >= 0.6 is 0 Å². The van der Waals surface area contributed by atoms with Crippen LogP contribution in [0.3, 0.4) is 0 Å². The van der Waals surface area contributed by atoms with Crippen LogP contribution in [0.25, 0.3) is 16.9 Å². The zero-order valence-electron chi connectivity index (χ0n) is 45.6. The first-order chi connectivity index (χ1) is 38.3. The molecule has 4 aromatic carbocycles. The smallest absolute Gasteiger partial charge is 0.387 e. The van der Waals surface area contributed by atoms with Gasteiger partial charge in [0.15, 0.2) is 5.69 Å². The van der Waals surface area contributed by atoms with Crippen LogP contribution in [0.4, 0.5) is 30.2 Å². The SMILES string of the molecule is CC(C)c1ccccc1[C@@H]1CN(Cc2ccc(OC(F)F)cc2)CCN1C1CC2(CCN(c3ccc(C(=O)NS(=O)(=O)c4cc([NH+](C)[O-])c(NC[C@H]5CC[C@](C)(O)CC5)c5[nH]cnc45)c(Oc4ccc5c(n4)C(F)=CC5)c3)CC2)C1. The number of aromatic amines is 1. The van der Waals surface area contributed by atoms with E-state index in [4.69, 9.17) is 4.74 Å². The van der Waals surface area contributed by atoms with Crippen molar-refractivity contribution in [1.82, 2.24) is 29.5 Å². The molecule has 2 saturated heterocycles. The summed E-state index contributed by atoms with van der Waals surface area (Å²) in [4.78, 5) is 33.3. The van der Waals surface area contributed by atoms with Gasteiger partial charge < -0.3 is 40.1 Å². The highest BCUT2D eigenvalue weighted by Crippen LogP contribution is 2.53. The number of piperidine rings is 1. The molecule has 2 aliphatic heterocycles. The van der Waals surface area contributed by atoms with E-state index >= 15 is 0 Å². The van der Waals surface area contributed by atoms with E-state index in [0.29, 0.717) is 61.1 Å². The fourth-order valence-electron chi connectivity index (χ4n) is 12.9. The monoisotopic (exact) mass is 1120 g/mol. The Kier molecular flexibility index (Phi) is 15.5. The lowest BCUT2D eigenvalue weighted by Gasteiger charge is -2.58. The van der Waals surface area contributed by atoms with Gasteiger partial charge in [0, 0.05) is 81.8 Å². The summed E-state index contributed by atoms with van der Waals surface area (Å²) in [5, 5.41) is 26.7. The van der Waals surface area contributed by atoms with Crippen LogP contribution in [-0.2, 0) is 23.0 Å². The predicted octanol–water partition coefficient (Wildman–Crippen LogP) is 9.77. The number of nitrogens with one attached hydrogen (secondary N) is 4. The van der Waals surface area contributed by atoms with Crippen molar-refractivity contribution >= 4 is 49.9 Å². The number of ether oxygens (including phenoxy) is 2. The normalized spacial score (nSPS) is 22.1. The highest BCUT2D eigenvalue weighted by Gasteiger charge is 2.50. The van der Waals surface area contributed by atoms with Crippen molar-refractivity contribution in [3.8, 4) is 17.4 Å². The third-order valence-corrected chi connectivity index (χ3v) is 18.8.